The smallest absolute Gasteiger partial charge is 0.308 e. The quantitative estimate of drug-likeness (QED) is 0.928. The van der Waals surface area contributed by atoms with Crippen LogP contribution in [0.4, 0.5) is 5.82 Å². The molecule has 0 spiro atoms. The molecule has 1 aliphatic rings. The molecule has 0 radical (unpaired) electrons. The highest BCUT2D eigenvalue weighted by atomic mass is 16.4. The van der Waals surface area contributed by atoms with E-state index in [9.17, 15) is 14.7 Å². The van der Waals surface area contributed by atoms with Crippen molar-refractivity contribution in [2.45, 2.75) is 13.3 Å². The molecule has 2 heterocycles. The van der Waals surface area contributed by atoms with Crippen LogP contribution in [0.2, 0.25) is 0 Å². The minimum atomic E-state index is -0.835. The molecule has 25 heavy (non-hydrogen) atoms. The van der Waals surface area contributed by atoms with E-state index in [0.29, 0.717) is 24.3 Å². The molecule has 2 aromatic rings. The molecule has 1 amide bonds. The van der Waals surface area contributed by atoms with Gasteiger partial charge in [0.25, 0.3) is 5.91 Å². The Morgan fingerprint density at radius 1 is 1.24 bits per heavy atom. The number of likely N-dealkylation sites (tertiary alicyclic amines) is 1. The summed E-state index contributed by atoms with van der Waals surface area (Å²) in [6, 6.07) is 9.34. The first kappa shape index (κ1) is 17.2. The van der Waals surface area contributed by atoms with Crippen molar-refractivity contribution in [1.29, 1.82) is 0 Å². The second-order valence-electron chi connectivity index (χ2n) is 7.03. The van der Waals surface area contributed by atoms with E-state index in [2.05, 4.69) is 4.98 Å². The number of benzene rings is 1. The molecule has 1 N–H and O–H groups in total. The maximum Gasteiger partial charge on any atom is 0.308 e. The second-order valence-corrected chi connectivity index (χ2v) is 7.03. The van der Waals surface area contributed by atoms with E-state index in [4.69, 9.17) is 0 Å². The van der Waals surface area contributed by atoms with E-state index in [0.717, 1.165) is 10.9 Å². The van der Waals surface area contributed by atoms with Crippen LogP contribution in [0.3, 0.4) is 0 Å². The third-order valence-corrected chi connectivity index (χ3v) is 4.69. The number of fused-ring (bicyclic) bond motifs is 1. The van der Waals surface area contributed by atoms with Gasteiger partial charge in [0.05, 0.1) is 17.0 Å². The Morgan fingerprint density at radius 3 is 2.64 bits per heavy atom. The van der Waals surface area contributed by atoms with Crippen molar-refractivity contribution in [2.75, 3.05) is 32.1 Å². The Kier molecular flexibility index (Phi) is 4.61. The zero-order valence-electron chi connectivity index (χ0n) is 14.8. The van der Waals surface area contributed by atoms with Crippen LogP contribution in [0.25, 0.3) is 10.9 Å². The molecule has 1 saturated heterocycles. The van der Waals surface area contributed by atoms with Crippen molar-refractivity contribution >= 4 is 28.6 Å². The summed E-state index contributed by atoms with van der Waals surface area (Å²) in [5, 5.41) is 10.2. The number of carboxylic acids is 1. The van der Waals surface area contributed by atoms with Gasteiger partial charge in [-0.15, -0.1) is 0 Å². The van der Waals surface area contributed by atoms with Gasteiger partial charge in [0.1, 0.15) is 5.82 Å². The summed E-state index contributed by atoms with van der Waals surface area (Å²) in [7, 11) is 3.77. The van der Waals surface area contributed by atoms with Crippen LogP contribution >= 0.6 is 0 Å². The van der Waals surface area contributed by atoms with Crippen LogP contribution in [0, 0.1) is 11.8 Å². The van der Waals surface area contributed by atoms with Gasteiger partial charge in [-0.05, 0) is 24.5 Å². The van der Waals surface area contributed by atoms with E-state index in [-0.39, 0.29) is 18.4 Å². The van der Waals surface area contributed by atoms with Gasteiger partial charge in [-0.1, -0.05) is 25.1 Å². The van der Waals surface area contributed by atoms with E-state index in [1.54, 1.807) is 11.0 Å². The second kappa shape index (κ2) is 6.70. The summed E-state index contributed by atoms with van der Waals surface area (Å²) >= 11 is 0. The van der Waals surface area contributed by atoms with E-state index in [1.165, 1.54) is 0 Å². The number of aromatic nitrogens is 1. The molecule has 0 bridgehead atoms. The van der Waals surface area contributed by atoms with Crippen molar-refractivity contribution in [2.24, 2.45) is 11.8 Å². The number of rotatable bonds is 3. The minimum absolute atomic E-state index is 0.125. The lowest BCUT2D eigenvalue weighted by Gasteiger charge is -2.35. The molecule has 0 saturated carbocycles. The van der Waals surface area contributed by atoms with Gasteiger partial charge in [-0.3, -0.25) is 9.59 Å². The van der Waals surface area contributed by atoms with Crippen LogP contribution in [-0.2, 0) is 4.79 Å². The number of hydrogen-bond donors (Lipinski definition) is 1. The molecule has 0 aliphatic carbocycles. The van der Waals surface area contributed by atoms with Gasteiger partial charge < -0.3 is 14.9 Å². The Morgan fingerprint density at radius 2 is 1.96 bits per heavy atom. The molecule has 6 heteroatoms. The van der Waals surface area contributed by atoms with Gasteiger partial charge in [-0.2, -0.15) is 0 Å². The standard InChI is InChI=1S/C19H23N3O3/c1-12-8-13(19(24)25)11-22(10-12)18(23)15-9-17(21(2)3)20-16-7-5-4-6-14(15)16/h4-7,9,12-13H,8,10-11H2,1-3H3,(H,24,25). The SMILES string of the molecule is CC1CC(C(=O)O)CN(C(=O)c2cc(N(C)C)nc3ccccc23)C1. The summed E-state index contributed by atoms with van der Waals surface area (Å²) in [6.45, 7) is 2.83. The Labute approximate surface area is 147 Å². The largest absolute Gasteiger partial charge is 0.481 e. The average molecular weight is 341 g/mol. The highest BCUT2D eigenvalue weighted by Crippen LogP contribution is 2.27. The summed E-state index contributed by atoms with van der Waals surface area (Å²) in [6.07, 6.45) is 0.610. The van der Waals surface area contributed by atoms with Gasteiger partial charge in [0.2, 0.25) is 0 Å². The number of carbonyl (C=O) groups is 2. The summed E-state index contributed by atoms with van der Waals surface area (Å²) in [4.78, 5) is 32.7. The Bertz CT molecular complexity index is 819. The molecule has 1 fully saturated rings. The summed E-state index contributed by atoms with van der Waals surface area (Å²) in [5.74, 6) is -0.589. The zero-order chi connectivity index (χ0) is 18.1. The predicted molar refractivity (Wildman–Crippen MR) is 96.9 cm³/mol. The Hall–Kier alpha value is -2.63. The first-order valence-electron chi connectivity index (χ1n) is 8.46. The molecular formula is C19H23N3O3. The number of hydrogen-bond acceptors (Lipinski definition) is 4. The van der Waals surface area contributed by atoms with Gasteiger partial charge in [-0.25, -0.2) is 4.98 Å². The maximum absolute atomic E-state index is 13.2. The fraction of sp³-hybridized carbons (Fsp3) is 0.421. The molecule has 2 unspecified atom stereocenters. The van der Waals surface area contributed by atoms with Crippen molar-refractivity contribution < 1.29 is 14.7 Å². The van der Waals surface area contributed by atoms with Crippen molar-refractivity contribution in [3.05, 3.63) is 35.9 Å². The highest BCUT2D eigenvalue weighted by Gasteiger charge is 2.33. The van der Waals surface area contributed by atoms with Crippen LogP contribution in [0.15, 0.2) is 30.3 Å². The lowest BCUT2D eigenvalue weighted by Crippen LogP contribution is -2.45. The molecular weight excluding hydrogens is 318 g/mol. The number of carboxylic acid groups (broad SMARTS) is 1. The van der Waals surface area contributed by atoms with Crippen LogP contribution in [0.1, 0.15) is 23.7 Å². The van der Waals surface area contributed by atoms with Crippen molar-refractivity contribution in [1.82, 2.24) is 9.88 Å². The number of nitrogens with zero attached hydrogens (tertiary/aromatic N) is 3. The summed E-state index contributed by atoms with van der Waals surface area (Å²) in [5.41, 5.74) is 1.34. The van der Waals surface area contributed by atoms with Crippen molar-refractivity contribution in [3.8, 4) is 0 Å². The molecule has 1 aromatic heterocycles. The Balaban J connectivity index is 2.02. The van der Waals surface area contributed by atoms with E-state index >= 15 is 0 Å². The molecule has 3 rings (SSSR count). The van der Waals surface area contributed by atoms with E-state index < -0.39 is 11.9 Å². The predicted octanol–water partition coefficient (Wildman–Crippen LogP) is 2.48. The first-order chi connectivity index (χ1) is 11.9. The third kappa shape index (κ3) is 3.43. The number of aliphatic carboxylic acids is 1. The number of anilines is 1. The average Bonchev–Trinajstić information content (AvgIpc) is 2.59. The molecule has 1 aliphatic heterocycles. The topological polar surface area (TPSA) is 73.7 Å². The number of amides is 1. The molecule has 6 nitrogen and oxygen atoms in total. The van der Waals surface area contributed by atoms with Gasteiger partial charge >= 0.3 is 5.97 Å². The number of para-hydroxylation sites is 1. The van der Waals surface area contributed by atoms with Crippen LogP contribution < -0.4 is 4.90 Å². The maximum atomic E-state index is 13.2. The molecule has 132 valence electrons. The molecule has 1 aromatic carbocycles. The fourth-order valence-electron chi connectivity index (χ4n) is 3.43. The fourth-order valence-corrected chi connectivity index (χ4v) is 3.43. The minimum Gasteiger partial charge on any atom is -0.481 e. The third-order valence-electron chi connectivity index (χ3n) is 4.69. The number of pyridine rings is 1. The zero-order valence-corrected chi connectivity index (χ0v) is 14.8. The van der Waals surface area contributed by atoms with E-state index in [1.807, 2.05) is 50.2 Å². The number of piperidine rings is 1. The monoisotopic (exact) mass is 341 g/mol. The van der Waals surface area contributed by atoms with Crippen molar-refractivity contribution in [3.63, 3.8) is 0 Å². The van der Waals surface area contributed by atoms with Crippen LogP contribution in [0.5, 0.6) is 0 Å². The summed E-state index contributed by atoms with van der Waals surface area (Å²) < 4.78 is 0. The lowest BCUT2D eigenvalue weighted by molar-refractivity contribution is -0.143. The first-order valence-corrected chi connectivity index (χ1v) is 8.46. The van der Waals surface area contributed by atoms with Gasteiger partial charge in [0, 0.05) is 32.6 Å². The normalized spacial score (nSPS) is 20.5. The highest BCUT2D eigenvalue weighted by molar-refractivity contribution is 6.07. The number of carbonyl (C=O) groups excluding carboxylic acids is 1. The van der Waals surface area contributed by atoms with Crippen LogP contribution in [-0.4, -0.2) is 54.1 Å². The molecule has 2 atom stereocenters. The van der Waals surface area contributed by atoms with Gasteiger partial charge in [0.15, 0.2) is 0 Å². The lowest BCUT2D eigenvalue weighted by atomic mass is 9.90.